The zero-order chi connectivity index (χ0) is 20.4. The molecule has 4 rings (SSSR count). The molecular weight excluding hydrogens is 371 g/mol. The maximum Gasteiger partial charge on any atom is 0.255 e. The van der Waals surface area contributed by atoms with E-state index in [1.54, 1.807) is 24.4 Å². The summed E-state index contributed by atoms with van der Waals surface area (Å²) in [5, 5.41) is 2.74. The normalized spacial score (nSPS) is 24.7. The molecule has 3 unspecified atom stereocenters. The number of pyridine rings is 1. The van der Waals surface area contributed by atoms with Crippen molar-refractivity contribution in [3.8, 4) is 5.69 Å². The molecule has 0 bridgehead atoms. The number of aromatic nitrogens is 1. The molecule has 7 heteroatoms. The van der Waals surface area contributed by atoms with Crippen molar-refractivity contribution in [2.45, 2.75) is 31.7 Å². The van der Waals surface area contributed by atoms with Crippen LogP contribution in [0.15, 0.2) is 47.4 Å². The molecule has 6 nitrogen and oxygen atoms in total. The molecule has 1 aliphatic carbocycles. The first kappa shape index (κ1) is 19.8. The Morgan fingerprint density at radius 2 is 1.97 bits per heavy atom. The fraction of sp³-hybridized carbons (Fsp3) is 0.455. The molecule has 154 valence electrons. The predicted molar refractivity (Wildman–Crippen MR) is 110 cm³/mol. The molecule has 1 aliphatic heterocycles. The topological polar surface area (TPSA) is 80.4 Å². The average Bonchev–Trinajstić information content (AvgIpc) is 3.39. The van der Waals surface area contributed by atoms with Gasteiger partial charge in [-0.25, -0.2) is 4.39 Å². The van der Waals surface area contributed by atoms with Crippen LogP contribution in [-0.4, -0.2) is 41.1 Å². The first-order chi connectivity index (χ1) is 14.1. The third-order valence-corrected chi connectivity index (χ3v) is 6.25. The standard InChI is InChI=1S/C22H27FN4O2/c23-18-13-17(27-10-2-1-5-21(27)28)6-7-19(18)25-22(29)15-11-16(14-24)20(12-15)26-8-3-4-9-26/h1-2,5-7,10,13,15-16,20H,3-4,8-9,11-12,14,24H2,(H,25,29). The molecule has 2 fully saturated rings. The van der Waals surface area contributed by atoms with E-state index in [1.165, 1.54) is 35.6 Å². The Balaban J connectivity index is 1.46. The van der Waals surface area contributed by atoms with Crippen LogP contribution in [0.25, 0.3) is 5.69 Å². The summed E-state index contributed by atoms with van der Waals surface area (Å²) in [6.45, 7) is 2.72. The van der Waals surface area contributed by atoms with Crippen molar-refractivity contribution in [3.05, 3.63) is 58.8 Å². The maximum absolute atomic E-state index is 14.6. The number of halogens is 1. The lowest BCUT2D eigenvalue weighted by Gasteiger charge is -2.28. The van der Waals surface area contributed by atoms with E-state index in [9.17, 15) is 14.0 Å². The van der Waals surface area contributed by atoms with Gasteiger partial charge >= 0.3 is 0 Å². The van der Waals surface area contributed by atoms with Crippen molar-refractivity contribution in [1.29, 1.82) is 0 Å². The van der Waals surface area contributed by atoms with E-state index in [4.69, 9.17) is 5.73 Å². The number of nitrogens with one attached hydrogen (secondary N) is 1. The number of nitrogens with zero attached hydrogens (tertiary/aromatic N) is 2. The molecule has 2 aliphatic rings. The Labute approximate surface area is 169 Å². The molecule has 1 aromatic carbocycles. The third kappa shape index (κ3) is 4.11. The highest BCUT2D eigenvalue weighted by Gasteiger charge is 2.40. The molecule has 29 heavy (non-hydrogen) atoms. The van der Waals surface area contributed by atoms with Crippen molar-refractivity contribution in [1.82, 2.24) is 9.47 Å². The molecule has 1 saturated carbocycles. The predicted octanol–water partition coefficient (Wildman–Crippen LogP) is 2.36. The van der Waals surface area contributed by atoms with Crippen LogP contribution in [0.4, 0.5) is 10.1 Å². The lowest BCUT2D eigenvalue weighted by atomic mass is 10.0. The molecule has 2 heterocycles. The highest BCUT2D eigenvalue weighted by molar-refractivity contribution is 5.93. The van der Waals surface area contributed by atoms with Crippen molar-refractivity contribution in [2.75, 3.05) is 25.0 Å². The Bertz CT molecular complexity index is 938. The summed E-state index contributed by atoms with van der Waals surface area (Å²) < 4.78 is 16.0. The smallest absolute Gasteiger partial charge is 0.255 e. The van der Waals surface area contributed by atoms with Crippen LogP contribution in [-0.2, 0) is 4.79 Å². The largest absolute Gasteiger partial charge is 0.330 e. The number of amides is 1. The van der Waals surface area contributed by atoms with E-state index in [-0.39, 0.29) is 23.1 Å². The van der Waals surface area contributed by atoms with Crippen molar-refractivity contribution in [2.24, 2.45) is 17.6 Å². The minimum Gasteiger partial charge on any atom is -0.330 e. The summed E-state index contributed by atoms with van der Waals surface area (Å²) in [6, 6.07) is 9.50. The van der Waals surface area contributed by atoms with Crippen LogP contribution in [0.1, 0.15) is 25.7 Å². The van der Waals surface area contributed by atoms with Gasteiger partial charge in [-0.2, -0.15) is 0 Å². The van der Waals surface area contributed by atoms with Gasteiger partial charge in [0.15, 0.2) is 0 Å². The molecule has 0 radical (unpaired) electrons. The van der Waals surface area contributed by atoms with Crippen LogP contribution in [0.5, 0.6) is 0 Å². The number of carbonyl (C=O) groups excluding carboxylic acids is 1. The number of rotatable bonds is 5. The highest BCUT2D eigenvalue weighted by Crippen LogP contribution is 2.36. The van der Waals surface area contributed by atoms with Gasteiger partial charge in [0.05, 0.1) is 11.4 Å². The minimum absolute atomic E-state index is 0.136. The lowest BCUT2D eigenvalue weighted by Crippen LogP contribution is -2.38. The number of hydrogen-bond acceptors (Lipinski definition) is 4. The second-order valence-electron chi connectivity index (χ2n) is 8.04. The van der Waals surface area contributed by atoms with Gasteiger partial charge in [-0.15, -0.1) is 0 Å². The number of likely N-dealkylation sites (tertiary alicyclic amines) is 1. The van der Waals surface area contributed by atoms with Crippen molar-refractivity contribution >= 4 is 11.6 Å². The van der Waals surface area contributed by atoms with Gasteiger partial charge in [0.2, 0.25) is 5.91 Å². The van der Waals surface area contributed by atoms with Crippen LogP contribution < -0.4 is 16.6 Å². The van der Waals surface area contributed by atoms with Crippen LogP contribution in [0.2, 0.25) is 0 Å². The average molecular weight is 398 g/mol. The Morgan fingerprint density at radius 1 is 1.17 bits per heavy atom. The number of carbonyl (C=O) groups is 1. The molecule has 1 saturated heterocycles. The van der Waals surface area contributed by atoms with E-state index in [0.717, 1.165) is 25.9 Å². The van der Waals surface area contributed by atoms with Gasteiger partial charge in [-0.3, -0.25) is 14.2 Å². The number of anilines is 1. The monoisotopic (exact) mass is 398 g/mol. The molecule has 0 spiro atoms. The molecule has 1 aromatic heterocycles. The van der Waals surface area contributed by atoms with E-state index < -0.39 is 5.82 Å². The fourth-order valence-electron chi connectivity index (χ4n) is 4.72. The minimum atomic E-state index is -0.559. The Kier molecular flexibility index (Phi) is 5.78. The fourth-order valence-corrected chi connectivity index (χ4v) is 4.72. The quantitative estimate of drug-likeness (QED) is 0.810. The summed E-state index contributed by atoms with van der Waals surface area (Å²) in [7, 11) is 0. The molecular formula is C22H27FN4O2. The second-order valence-corrected chi connectivity index (χ2v) is 8.04. The van der Waals surface area contributed by atoms with Crippen molar-refractivity contribution in [3.63, 3.8) is 0 Å². The second kappa shape index (κ2) is 8.47. The number of benzene rings is 1. The van der Waals surface area contributed by atoms with Crippen LogP contribution in [0, 0.1) is 17.7 Å². The Hall–Kier alpha value is -2.51. The molecule has 3 atom stereocenters. The summed E-state index contributed by atoms with van der Waals surface area (Å²) in [5.41, 5.74) is 6.28. The van der Waals surface area contributed by atoms with E-state index in [1.807, 2.05) is 0 Å². The molecule has 1 amide bonds. The maximum atomic E-state index is 14.6. The summed E-state index contributed by atoms with van der Waals surface area (Å²) in [5.74, 6) is -0.573. The van der Waals surface area contributed by atoms with Gasteiger partial charge < -0.3 is 16.0 Å². The number of hydrogen-bond donors (Lipinski definition) is 2. The summed E-state index contributed by atoms with van der Waals surface area (Å²) in [4.78, 5) is 27.2. The zero-order valence-electron chi connectivity index (χ0n) is 16.4. The van der Waals surface area contributed by atoms with Gasteiger partial charge in [0.1, 0.15) is 5.82 Å². The highest BCUT2D eigenvalue weighted by atomic mass is 19.1. The Morgan fingerprint density at radius 3 is 2.66 bits per heavy atom. The lowest BCUT2D eigenvalue weighted by molar-refractivity contribution is -0.119. The first-order valence-electron chi connectivity index (χ1n) is 10.3. The van der Waals surface area contributed by atoms with Gasteiger partial charge in [0.25, 0.3) is 5.56 Å². The van der Waals surface area contributed by atoms with Gasteiger partial charge in [0, 0.05) is 30.3 Å². The zero-order valence-corrected chi connectivity index (χ0v) is 16.4. The van der Waals surface area contributed by atoms with Crippen LogP contribution >= 0.6 is 0 Å². The summed E-state index contributed by atoms with van der Waals surface area (Å²) >= 11 is 0. The molecule has 2 aromatic rings. The molecule has 3 N–H and O–H groups in total. The third-order valence-electron chi connectivity index (χ3n) is 6.25. The van der Waals surface area contributed by atoms with Crippen LogP contribution in [0.3, 0.4) is 0 Å². The summed E-state index contributed by atoms with van der Waals surface area (Å²) in [6.07, 6.45) is 5.49. The van der Waals surface area contributed by atoms with Gasteiger partial charge in [-0.1, -0.05) is 6.07 Å². The SMILES string of the molecule is NCC1CC(C(=O)Nc2ccc(-n3ccccc3=O)cc2F)CC1N1CCCC1. The van der Waals surface area contributed by atoms with E-state index in [2.05, 4.69) is 10.2 Å². The first-order valence-corrected chi connectivity index (χ1v) is 10.3. The van der Waals surface area contributed by atoms with E-state index >= 15 is 0 Å². The number of nitrogens with two attached hydrogens (primary N) is 1. The van der Waals surface area contributed by atoms with Crippen molar-refractivity contribution < 1.29 is 9.18 Å². The van der Waals surface area contributed by atoms with E-state index in [0.29, 0.717) is 24.2 Å². The van der Waals surface area contributed by atoms with Gasteiger partial charge in [-0.05, 0) is 69.4 Å².